The zero-order valence-corrected chi connectivity index (χ0v) is 11.1. The summed E-state index contributed by atoms with van der Waals surface area (Å²) in [4.78, 5) is 17.1. The number of aromatic carboxylic acids is 1. The van der Waals surface area contributed by atoms with Crippen LogP contribution in [0.2, 0.25) is 5.02 Å². The van der Waals surface area contributed by atoms with Gasteiger partial charge in [0.2, 0.25) is 0 Å². The molecule has 1 aromatic carbocycles. The summed E-state index contributed by atoms with van der Waals surface area (Å²) in [6, 6.07) is 10.6. The fraction of sp³-hybridized carbons (Fsp3) is 0.143. The molecule has 4 nitrogen and oxygen atoms in total. The minimum absolute atomic E-state index is 0.108. The van der Waals surface area contributed by atoms with E-state index in [1.807, 2.05) is 30.1 Å². The Hall–Kier alpha value is -2.07. The molecule has 1 N–H and O–H groups in total. The van der Waals surface area contributed by atoms with Crippen LogP contribution in [0.25, 0.3) is 0 Å². The fourth-order valence-electron chi connectivity index (χ4n) is 1.74. The fourth-order valence-corrected chi connectivity index (χ4v) is 2.00. The molecule has 0 amide bonds. The molecule has 0 aliphatic heterocycles. The van der Waals surface area contributed by atoms with Gasteiger partial charge in [-0.05, 0) is 30.3 Å². The molecule has 98 valence electrons. The van der Waals surface area contributed by atoms with Crippen molar-refractivity contribution in [2.45, 2.75) is 6.54 Å². The highest BCUT2D eigenvalue weighted by molar-refractivity contribution is 6.33. The number of carboxylic acid groups (broad SMARTS) is 1. The van der Waals surface area contributed by atoms with E-state index in [2.05, 4.69) is 4.98 Å². The molecule has 5 heteroatoms. The third-order valence-corrected chi connectivity index (χ3v) is 3.06. The van der Waals surface area contributed by atoms with Gasteiger partial charge in [0.25, 0.3) is 0 Å². The molecule has 0 saturated heterocycles. The number of aromatic nitrogens is 1. The van der Waals surface area contributed by atoms with Crippen molar-refractivity contribution in [2.24, 2.45) is 0 Å². The molecule has 0 bridgehead atoms. The van der Waals surface area contributed by atoms with Crippen LogP contribution in [0, 0.1) is 0 Å². The van der Waals surface area contributed by atoms with Crippen molar-refractivity contribution in [2.75, 3.05) is 11.9 Å². The highest BCUT2D eigenvalue weighted by Gasteiger charge is 2.11. The van der Waals surface area contributed by atoms with Gasteiger partial charge < -0.3 is 10.0 Å². The lowest BCUT2D eigenvalue weighted by Crippen LogP contribution is -2.17. The summed E-state index contributed by atoms with van der Waals surface area (Å²) in [5.74, 6) is -1.02. The average Bonchev–Trinajstić information content (AvgIpc) is 2.39. The first kappa shape index (κ1) is 13.4. The standard InChI is InChI=1S/C14H13ClN2O2/c1-17(9-10-4-2-3-7-16-10)11-5-6-12(14(18)19)13(15)8-11/h2-8H,9H2,1H3,(H,18,19). The van der Waals surface area contributed by atoms with Crippen molar-refractivity contribution in [3.05, 3.63) is 58.9 Å². The Morgan fingerprint density at radius 2 is 2.16 bits per heavy atom. The van der Waals surface area contributed by atoms with Crippen LogP contribution in [0.3, 0.4) is 0 Å². The van der Waals surface area contributed by atoms with E-state index in [1.165, 1.54) is 6.07 Å². The molecule has 0 aliphatic rings. The summed E-state index contributed by atoms with van der Waals surface area (Å²) >= 11 is 5.95. The van der Waals surface area contributed by atoms with Crippen LogP contribution in [0.15, 0.2) is 42.6 Å². The van der Waals surface area contributed by atoms with Crippen molar-refractivity contribution in [3.8, 4) is 0 Å². The first-order chi connectivity index (χ1) is 9.08. The predicted octanol–water partition coefficient (Wildman–Crippen LogP) is 3.07. The monoisotopic (exact) mass is 276 g/mol. The van der Waals surface area contributed by atoms with Gasteiger partial charge in [-0.1, -0.05) is 17.7 Å². The van der Waals surface area contributed by atoms with E-state index in [-0.39, 0.29) is 10.6 Å². The number of anilines is 1. The Morgan fingerprint density at radius 1 is 1.37 bits per heavy atom. The summed E-state index contributed by atoms with van der Waals surface area (Å²) in [6.07, 6.45) is 1.74. The number of carbonyl (C=O) groups is 1. The molecule has 0 spiro atoms. The SMILES string of the molecule is CN(Cc1ccccn1)c1ccc(C(=O)O)c(Cl)c1. The number of benzene rings is 1. The topological polar surface area (TPSA) is 53.4 Å². The third kappa shape index (κ3) is 3.23. The highest BCUT2D eigenvalue weighted by Crippen LogP contribution is 2.23. The molecule has 19 heavy (non-hydrogen) atoms. The molecular weight excluding hydrogens is 264 g/mol. The Balaban J connectivity index is 2.18. The molecule has 1 aromatic heterocycles. The van der Waals surface area contributed by atoms with Crippen LogP contribution in [0.4, 0.5) is 5.69 Å². The van der Waals surface area contributed by atoms with Crippen molar-refractivity contribution in [1.82, 2.24) is 4.98 Å². The number of hydrogen-bond acceptors (Lipinski definition) is 3. The minimum Gasteiger partial charge on any atom is -0.478 e. The number of rotatable bonds is 4. The number of halogens is 1. The van der Waals surface area contributed by atoms with E-state index in [4.69, 9.17) is 16.7 Å². The summed E-state index contributed by atoms with van der Waals surface area (Å²) in [5.41, 5.74) is 1.89. The molecule has 2 aromatic rings. The second-order valence-corrected chi connectivity index (χ2v) is 4.55. The van der Waals surface area contributed by atoms with Gasteiger partial charge >= 0.3 is 5.97 Å². The predicted molar refractivity (Wildman–Crippen MR) is 74.8 cm³/mol. The lowest BCUT2D eigenvalue weighted by molar-refractivity contribution is 0.0697. The second-order valence-electron chi connectivity index (χ2n) is 4.15. The Labute approximate surface area is 116 Å². The molecule has 0 fully saturated rings. The summed E-state index contributed by atoms with van der Waals surface area (Å²) in [7, 11) is 1.90. The van der Waals surface area contributed by atoms with Gasteiger partial charge in [-0.15, -0.1) is 0 Å². The Kier molecular flexibility index (Phi) is 4.02. The summed E-state index contributed by atoms with van der Waals surface area (Å²) < 4.78 is 0. The van der Waals surface area contributed by atoms with Crippen LogP contribution < -0.4 is 4.90 Å². The van der Waals surface area contributed by atoms with Gasteiger partial charge in [-0.3, -0.25) is 4.98 Å². The van der Waals surface area contributed by atoms with Gasteiger partial charge in [0.05, 0.1) is 22.8 Å². The molecule has 0 unspecified atom stereocenters. The van der Waals surface area contributed by atoms with Crippen molar-refractivity contribution in [3.63, 3.8) is 0 Å². The average molecular weight is 277 g/mol. The number of hydrogen-bond donors (Lipinski definition) is 1. The molecule has 0 radical (unpaired) electrons. The van der Waals surface area contributed by atoms with Crippen molar-refractivity contribution in [1.29, 1.82) is 0 Å². The van der Waals surface area contributed by atoms with Gasteiger partial charge in [0.1, 0.15) is 0 Å². The molecule has 0 atom stereocenters. The molecule has 0 aliphatic carbocycles. The number of nitrogens with zero attached hydrogens (tertiary/aromatic N) is 2. The lowest BCUT2D eigenvalue weighted by Gasteiger charge is -2.19. The normalized spacial score (nSPS) is 10.2. The van der Waals surface area contributed by atoms with E-state index in [0.717, 1.165) is 11.4 Å². The summed E-state index contributed by atoms with van der Waals surface area (Å²) in [6.45, 7) is 0.629. The van der Waals surface area contributed by atoms with Gasteiger partial charge in [0, 0.05) is 18.9 Å². The van der Waals surface area contributed by atoms with E-state index >= 15 is 0 Å². The minimum atomic E-state index is -1.02. The highest BCUT2D eigenvalue weighted by atomic mass is 35.5. The molecular formula is C14H13ClN2O2. The maximum atomic E-state index is 10.9. The zero-order chi connectivity index (χ0) is 13.8. The lowest BCUT2D eigenvalue weighted by atomic mass is 10.2. The molecule has 2 rings (SSSR count). The summed E-state index contributed by atoms with van der Waals surface area (Å²) in [5, 5.41) is 9.16. The maximum absolute atomic E-state index is 10.9. The molecule has 0 saturated carbocycles. The quantitative estimate of drug-likeness (QED) is 0.932. The van der Waals surface area contributed by atoms with E-state index < -0.39 is 5.97 Å². The number of carboxylic acids is 1. The Morgan fingerprint density at radius 3 is 2.74 bits per heavy atom. The second kappa shape index (κ2) is 5.71. The van der Waals surface area contributed by atoms with Crippen LogP contribution in [-0.4, -0.2) is 23.1 Å². The van der Waals surface area contributed by atoms with Crippen LogP contribution >= 0.6 is 11.6 Å². The van der Waals surface area contributed by atoms with E-state index in [1.54, 1.807) is 18.3 Å². The third-order valence-electron chi connectivity index (χ3n) is 2.75. The van der Waals surface area contributed by atoms with Gasteiger partial charge in [0.15, 0.2) is 0 Å². The number of pyridine rings is 1. The maximum Gasteiger partial charge on any atom is 0.337 e. The van der Waals surface area contributed by atoms with Gasteiger partial charge in [-0.25, -0.2) is 4.79 Å². The first-order valence-corrected chi connectivity index (χ1v) is 6.09. The first-order valence-electron chi connectivity index (χ1n) is 5.72. The Bertz CT molecular complexity index is 587. The van der Waals surface area contributed by atoms with Gasteiger partial charge in [-0.2, -0.15) is 0 Å². The van der Waals surface area contributed by atoms with Crippen molar-refractivity contribution < 1.29 is 9.90 Å². The van der Waals surface area contributed by atoms with E-state index in [0.29, 0.717) is 6.54 Å². The van der Waals surface area contributed by atoms with Crippen LogP contribution in [0.5, 0.6) is 0 Å². The van der Waals surface area contributed by atoms with E-state index in [9.17, 15) is 4.79 Å². The largest absolute Gasteiger partial charge is 0.478 e. The molecule has 1 heterocycles. The van der Waals surface area contributed by atoms with Crippen LogP contribution in [0.1, 0.15) is 16.1 Å². The smallest absolute Gasteiger partial charge is 0.337 e. The zero-order valence-electron chi connectivity index (χ0n) is 10.4. The van der Waals surface area contributed by atoms with Crippen LogP contribution in [-0.2, 0) is 6.54 Å². The van der Waals surface area contributed by atoms with Crippen molar-refractivity contribution >= 4 is 23.3 Å².